The van der Waals surface area contributed by atoms with Crippen LogP contribution < -0.4 is 15.3 Å². The average molecular weight is 337 g/mol. The minimum Gasteiger partial charge on any atom is -0.546 e. The third-order valence-electron chi connectivity index (χ3n) is 3.95. The summed E-state index contributed by atoms with van der Waals surface area (Å²) in [6.45, 7) is 5.15. The Morgan fingerprint density at radius 2 is 1.72 bits per heavy atom. The number of carbonyl (C=O) groups is 1. The molecule has 3 aromatic rings. The lowest BCUT2D eigenvalue weighted by Gasteiger charge is -2.17. The second-order valence-corrected chi connectivity index (χ2v) is 6.03. The van der Waals surface area contributed by atoms with Crippen LogP contribution in [-0.2, 0) is 4.79 Å². The van der Waals surface area contributed by atoms with E-state index in [-0.39, 0.29) is 11.5 Å². The van der Waals surface area contributed by atoms with E-state index in [2.05, 4.69) is 0 Å². The van der Waals surface area contributed by atoms with Crippen LogP contribution in [0.1, 0.15) is 18.1 Å². The van der Waals surface area contributed by atoms with Crippen LogP contribution in [0.4, 0.5) is 0 Å². The van der Waals surface area contributed by atoms with Gasteiger partial charge in [0.25, 0.3) is 0 Å². The molecule has 0 saturated carbocycles. The molecule has 1 atom stereocenters. The standard InChI is InChI=1S/C20H18O5/c1-11-4-7-14(8-5-11)18-19(24-13(3)20(22)23)17(21)15-9-6-12(2)10-16(15)25-18/h4-10,13H,1-3H3,(H,22,23)/p-1/t13-/m0/s1. The van der Waals surface area contributed by atoms with Gasteiger partial charge in [-0.05, 0) is 38.5 Å². The SMILES string of the molecule is Cc1ccc(-c2oc3cc(C)ccc3c(=O)c2O[C@@H](C)C(=O)[O-])cc1. The zero-order chi connectivity index (χ0) is 18.1. The number of ether oxygens (including phenoxy) is 1. The highest BCUT2D eigenvalue weighted by molar-refractivity contribution is 5.83. The number of hydrogen-bond donors (Lipinski definition) is 0. The van der Waals surface area contributed by atoms with Gasteiger partial charge in [0.15, 0.2) is 5.76 Å². The molecule has 0 aliphatic rings. The molecule has 0 N–H and O–H groups in total. The second kappa shape index (κ2) is 6.43. The minimum atomic E-state index is -1.40. The molecule has 128 valence electrons. The fraction of sp³-hybridized carbons (Fsp3) is 0.200. The van der Waals surface area contributed by atoms with E-state index < -0.39 is 17.5 Å². The summed E-state index contributed by atoms with van der Waals surface area (Å²) in [6.07, 6.45) is -1.28. The van der Waals surface area contributed by atoms with Crippen molar-refractivity contribution >= 4 is 16.9 Å². The third kappa shape index (κ3) is 3.26. The Kier molecular flexibility index (Phi) is 4.31. The van der Waals surface area contributed by atoms with Crippen LogP contribution in [0.2, 0.25) is 0 Å². The van der Waals surface area contributed by atoms with Crippen LogP contribution in [0.3, 0.4) is 0 Å². The second-order valence-electron chi connectivity index (χ2n) is 6.03. The highest BCUT2D eigenvalue weighted by Crippen LogP contribution is 2.31. The number of hydrogen-bond acceptors (Lipinski definition) is 5. The first kappa shape index (κ1) is 16.8. The molecule has 1 aromatic heterocycles. The van der Waals surface area contributed by atoms with Crippen molar-refractivity contribution in [3.05, 3.63) is 63.8 Å². The average Bonchev–Trinajstić information content (AvgIpc) is 2.57. The molecule has 0 saturated heterocycles. The van der Waals surface area contributed by atoms with Gasteiger partial charge in [-0.25, -0.2) is 0 Å². The van der Waals surface area contributed by atoms with Crippen molar-refractivity contribution in [1.82, 2.24) is 0 Å². The third-order valence-corrected chi connectivity index (χ3v) is 3.95. The first-order valence-electron chi connectivity index (χ1n) is 7.89. The van der Waals surface area contributed by atoms with Gasteiger partial charge in [0.1, 0.15) is 11.7 Å². The molecule has 0 aliphatic carbocycles. The molecule has 2 aromatic carbocycles. The predicted molar refractivity (Wildman–Crippen MR) is 92.5 cm³/mol. The van der Waals surface area contributed by atoms with E-state index in [4.69, 9.17) is 9.15 Å². The van der Waals surface area contributed by atoms with E-state index in [1.165, 1.54) is 6.92 Å². The Hall–Kier alpha value is -3.08. The van der Waals surface area contributed by atoms with Gasteiger partial charge in [-0.15, -0.1) is 0 Å². The Labute approximate surface area is 144 Å². The van der Waals surface area contributed by atoms with Crippen molar-refractivity contribution in [3.63, 3.8) is 0 Å². The number of benzene rings is 2. The van der Waals surface area contributed by atoms with Gasteiger partial charge in [-0.1, -0.05) is 35.9 Å². The van der Waals surface area contributed by atoms with Crippen LogP contribution in [0.25, 0.3) is 22.3 Å². The van der Waals surface area contributed by atoms with Gasteiger partial charge in [0, 0.05) is 5.56 Å². The number of fused-ring (bicyclic) bond motifs is 1. The van der Waals surface area contributed by atoms with Gasteiger partial charge < -0.3 is 19.1 Å². The van der Waals surface area contributed by atoms with Crippen LogP contribution in [-0.4, -0.2) is 12.1 Å². The van der Waals surface area contributed by atoms with Crippen molar-refractivity contribution < 1.29 is 19.1 Å². The van der Waals surface area contributed by atoms with Crippen molar-refractivity contribution in [1.29, 1.82) is 0 Å². The van der Waals surface area contributed by atoms with E-state index in [9.17, 15) is 14.7 Å². The number of carboxylic acids is 1. The molecule has 1 heterocycles. The van der Waals surface area contributed by atoms with Crippen molar-refractivity contribution in [2.75, 3.05) is 0 Å². The lowest BCUT2D eigenvalue weighted by Crippen LogP contribution is -2.38. The van der Waals surface area contributed by atoms with E-state index in [1.807, 2.05) is 26.0 Å². The molecule has 5 heteroatoms. The summed E-state index contributed by atoms with van der Waals surface area (Å²) in [6, 6.07) is 12.5. The molecule has 25 heavy (non-hydrogen) atoms. The van der Waals surface area contributed by atoms with E-state index >= 15 is 0 Å². The minimum absolute atomic E-state index is 0.128. The largest absolute Gasteiger partial charge is 0.546 e. The Morgan fingerprint density at radius 3 is 2.36 bits per heavy atom. The molecule has 0 radical (unpaired) electrons. The summed E-state index contributed by atoms with van der Waals surface area (Å²) >= 11 is 0. The molecule has 0 amide bonds. The normalized spacial score (nSPS) is 12.1. The summed E-state index contributed by atoms with van der Waals surface area (Å²) < 4.78 is 11.3. The first-order chi connectivity index (χ1) is 11.9. The molecule has 0 aliphatic heterocycles. The molecule has 0 unspecified atom stereocenters. The first-order valence-corrected chi connectivity index (χ1v) is 7.89. The summed E-state index contributed by atoms with van der Waals surface area (Å²) in [5, 5.41) is 11.4. The van der Waals surface area contributed by atoms with Gasteiger partial charge in [0.05, 0.1) is 11.4 Å². The maximum Gasteiger partial charge on any atom is 0.235 e. The van der Waals surface area contributed by atoms with E-state index in [1.54, 1.807) is 30.3 Å². The maximum absolute atomic E-state index is 12.9. The molecular weight excluding hydrogens is 320 g/mol. The summed E-state index contributed by atoms with van der Waals surface area (Å²) in [5.41, 5.74) is 2.64. The number of rotatable bonds is 4. The molecule has 5 nitrogen and oxygen atoms in total. The summed E-state index contributed by atoms with van der Waals surface area (Å²) in [7, 11) is 0. The smallest absolute Gasteiger partial charge is 0.235 e. The van der Waals surface area contributed by atoms with Crippen molar-refractivity contribution in [2.45, 2.75) is 26.9 Å². The molecular formula is C20H17O5-. The zero-order valence-corrected chi connectivity index (χ0v) is 14.2. The van der Waals surface area contributed by atoms with Crippen molar-refractivity contribution in [2.24, 2.45) is 0 Å². The zero-order valence-electron chi connectivity index (χ0n) is 14.2. The Bertz CT molecular complexity index is 999. The van der Waals surface area contributed by atoms with E-state index in [0.29, 0.717) is 16.5 Å². The fourth-order valence-corrected chi connectivity index (χ4v) is 2.51. The Balaban J connectivity index is 2.29. The lowest BCUT2D eigenvalue weighted by molar-refractivity contribution is -0.312. The molecule has 0 fully saturated rings. The van der Waals surface area contributed by atoms with Gasteiger partial charge in [-0.2, -0.15) is 0 Å². The van der Waals surface area contributed by atoms with Crippen molar-refractivity contribution in [3.8, 4) is 17.1 Å². The van der Waals surface area contributed by atoms with E-state index in [0.717, 1.165) is 11.1 Å². The molecule has 0 spiro atoms. The van der Waals surface area contributed by atoms with Gasteiger partial charge in [-0.3, -0.25) is 4.79 Å². The monoisotopic (exact) mass is 337 g/mol. The van der Waals surface area contributed by atoms with Gasteiger partial charge >= 0.3 is 0 Å². The van der Waals surface area contributed by atoms with Crippen LogP contribution in [0.5, 0.6) is 5.75 Å². The number of carboxylic acid groups (broad SMARTS) is 1. The predicted octanol–water partition coefficient (Wildman–Crippen LogP) is 2.59. The van der Waals surface area contributed by atoms with Gasteiger partial charge in [0.2, 0.25) is 11.2 Å². The molecule has 0 bridgehead atoms. The highest BCUT2D eigenvalue weighted by atomic mass is 16.5. The highest BCUT2D eigenvalue weighted by Gasteiger charge is 2.20. The summed E-state index contributed by atoms with van der Waals surface area (Å²) in [4.78, 5) is 23.9. The van der Waals surface area contributed by atoms with Crippen LogP contribution in [0, 0.1) is 13.8 Å². The molecule has 3 rings (SSSR count). The lowest BCUT2D eigenvalue weighted by atomic mass is 10.1. The van der Waals surface area contributed by atoms with Crippen LogP contribution in [0.15, 0.2) is 51.7 Å². The van der Waals surface area contributed by atoms with Crippen LogP contribution >= 0.6 is 0 Å². The number of aryl methyl sites for hydroxylation is 2. The Morgan fingerprint density at radius 1 is 1.08 bits per heavy atom. The summed E-state index contributed by atoms with van der Waals surface area (Å²) in [5.74, 6) is -1.33. The fourth-order valence-electron chi connectivity index (χ4n) is 2.51. The number of carbonyl (C=O) groups excluding carboxylic acids is 1. The quantitative estimate of drug-likeness (QED) is 0.731. The number of aliphatic carboxylic acids is 1. The maximum atomic E-state index is 12.9. The topological polar surface area (TPSA) is 79.6 Å².